The van der Waals surface area contributed by atoms with Gasteiger partial charge in [-0.15, -0.1) is 0 Å². The van der Waals surface area contributed by atoms with Gasteiger partial charge in [-0.05, 0) is 29.4 Å². The normalized spacial score (nSPS) is 20.8. The minimum atomic E-state index is -1.06. The van der Waals surface area contributed by atoms with Crippen molar-refractivity contribution in [3.05, 3.63) is 77.2 Å². The Bertz CT molecular complexity index is 684. The molecule has 0 radical (unpaired) electrons. The Hall–Kier alpha value is -2.62. The number of carbonyl (C=O) groups is 1. The van der Waals surface area contributed by atoms with Crippen LogP contribution in [0.5, 0.6) is 0 Å². The van der Waals surface area contributed by atoms with Gasteiger partial charge in [-0.2, -0.15) is 0 Å². The number of fused-ring (bicyclic) bond motifs is 1. The zero-order valence-corrected chi connectivity index (χ0v) is 10.5. The van der Waals surface area contributed by atoms with Gasteiger partial charge in [0.25, 0.3) is 0 Å². The van der Waals surface area contributed by atoms with E-state index in [9.17, 15) is 14.3 Å². The summed E-state index contributed by atoms with van der Waals surface area (Å²) < 4.78 is 13.3. The summed E-state index contributed by atoms with van der Waals surface area (Å²) in [5.74, 6) is -1.49. The van der Waals surface area contributed by atoms with Gasteiger partial charge in [0.05, 0.1) is 11.6 Å². The zero-order chi connectivity index (χ0) is 14.1. The molecule has 3 rings (SSSR count). The molecular weight excluding hydrogens is 257 g/mol. The average Bonchev–Trinajstić information content (AvgIpc) is 2.47. The van der Waals surface area contributed by atoms with Crippen LogP contribution in [0, 0.1) is 0 Å². The van der Waals surface area contributed by atoms with Crippen LogP contribution in [0.2, 0.25) is 0 Å². The highest BCUT2D eigenvalue weighted by Gasteiger charge is 2.26. The highest BCUT2D eigenvalue weighted by atomic mass is 19.1. The molecule has 0 aromatic heterocycles. The Morgan fingerprint density at radius 2 is 1.95 bits per heavy atom. The van der Waals surface area contributed by atoms with Crippen molar-refractivity contribution in [2.45, 2.75) is 6.04 Å². The number of dihydropyridines is 1. The third-order valence-corrected chi connectivity index (χ3v) is 3.30. The minimum Gasteiger partial charge on any atom is -0.478 e. The predicted octanol–water partition coefficient (Wildman–Crippen LogP) is 2.80. The number of carboxylic acid groups (broad SMARTS) is 1. The minimum absolute atomic E-state index is 0.118. The second-order valence-electron chi connectivity index (χ2n) is 4.61. The molecule has 4 heteroatoms. The zero-order valence-electron chi connectivity index (χ0n) is 10.5. The van der Waals surface area contributed by atoms with Gasteiger partial charge < -0.3 is 10.4 Å². The first-order chi connectivity index (χ1) is 9.65. The summed E-state index contributed by atoms with van der Waals surface area (Å²) in [5, 5.41) is 12.5. The third-order valence-electron chi connectivity index (χ3n) is 3.30. The summed E-state index contributed by atoms with van der Waals surface area (Å²) in [6.07, 6.45) is 5.78. The van der Waals surface area contributed by atoms with Crippen molar-refractivity contribution < 1.29 is 14.3 Å². The number of halogens is 1. The van der Waals surface area contributed by atoms with E-state index in [-0.39, 0.29) is 11.6 Å². The van der Waals surface area contributed by atoms with Gasteiger partial charge in [0.2, 0.25) is 0 Å². The van der Waals surface area contributed by atoms with E-state index in [1.54, 1.807) is 12.2 Å². The van der Waals surface area contributed by atoms with Gasteiger partial charge in [0, 0.05) is 5.70 Å². The lowest BCUT2D eigenvalue weighted by Crippen LogP contribution is -2.33. The quantitative estimate of drug-likeness (QED) is 0.868. The first kappa shape index (κ1) is 12.4. The van der Waals surface area contributed by atoms with Crippen LogP contribution < -0.4 is 5.32 Å². The van der Waals surface area contributed by atoms with Crippen molar-refractivity contribution in [2.24, 2.45) is 0 Å². The van der Waals surface area contributed by atoms with Crippen LogP contribution in [0.15, 0.2) is 71.6 Å². The number of aliphatic carboxylic acids is 1. The first-order valence-electron chi connectivity index (χ1n) is 6.21. The Balaban J connectivity index is 2.11. The van der Waals surface area contributed by atoms with Crippen molar-refractivity contribution in [2.75, 3.05) is 0 Å². The summed E-state index contributed by atoms with van der Waals surface area (Å²) in [6.45, 7) is 0. The van der Waals surface area contributed by atoms with E-state index in [4.69, 9.17) is 0 Å². The van der Waals surface area contributed by atoms with Gasteiger partial charge >= 0.3 is 5.97 Å². The molecule has 0 fully saturated rings. The fourth-order valence-corrected chi connectivity index (χ4v) is 2.36. The van der Waals surface area contributed by atoms with E-state index in [1.165, 1.54) is 12.2 Å². The smallest absolute Gasteiger partial charge is 0.336 e. The van der Waals surface area contributed by atoms with E-state index in [0.717, 1.165) is 11.3 Å². The first-order valence-corrected chi connectivity index (χ1v) is 6.21. The molecule has 2 N–H and O–H groups in total. The molecular formula is C16H12FNO2. The molecule has 0 saturated heterocycles. The molecule has 0 saturated carbocycles. The van der Waals surface area contributed by atoms with Gasteiger partial charge in [-0.3, -0.25) is 0 Å². The summed E-state index contributed by atoms with van der Waals surface area (Å²) in [6, 6.07) is 9.13. The molecule has 1 aliphatic heterocycles. The number of hydrogen-bond donors (Lipinski definition) is 2. The number of nitrogens with one attached hydrogen (secondary N) is 1. The van der Waals surface area contributed by atoms with Gasteiger partial charge in [0.15, 0.2) is 0 Å². The van der Waals surface area contributed by atoms with Gasteiger partial charge in [-0.1, -0.05) is 36.4 Å². The Morgan fingerprint density at radius 3 is 2.65 bits per heavy atom. The molecule has 1 unspecified atom stereocenters. The molecule has 0 amide bonds. The maximum absolute atomic E-state index is 13.3. The molecule has 0 bridgehead atoms. The van der Waals surface area contributed by atoms with Crippen molar-refractivity contribution in [3.8, 4) is 0 Å². The second-order valence-corrected chi connectivity index (χ2v) is 4.61. The number of rotatable bonds is 2. The van der Waals surface area contributed by atoms with Crippen molar-refractivity contribution in [3.63, 3.8) is 0 Å². The maximum Gasteiger partial charge on any atom is 0.336 e. The van der Waals surface area contributed by atoms with E-state index in [1.807, 2.05) is 30.3 Å². The molecule has 1 heterocycles. The monoisotopic (exact) mass is 269 g/mol. The highest BCUT2D eigenvalue weighted by molar-refractivity contribution is 5.95. The summed E-state index contributed by atoms with van der Waals surface area (Å²) in [4.78, 5) is 11.4. The molecule has 20 heavy (non-hydrogen) atoms. The van der Waals surface area contributed by atoms with Crippen LogP contribution in [0.3, 0.4) is 0 Å². The van der Waals surface area contributed by atoms with E-state index in [2.05, 4.69) is 5.32 Å². The molecule has 1 aromatic rings. The number of carboxylic acids is 1. The van der Waals surface area contributed by atoms with Crippen molar-refractivity contribution in [1.29, 1.82) is 0 Å². The molecule has 1 aliphatic carbocycles. The molecule has 1 aromatic carbocycles. The topological polar surface area (TPSA) is 49.3 Å². The third kappa shape index (κ3) is 2.16. The molecule has 2 aliphatic rings. The molecule has 100 valence electrons. The summed E-state index contributed by atoms with van der Waals surface area (Å²) >= 11 is 0. The van der Waals surface area contributed by atoms with Crippen molar-refractivity contribution in [1.82, 2.24) is 5.32 Å². The van der Waals surface area contributed by atoms with Crippen LogP contribution >= 0.6 is 0 Å². The van der Waals surface area contributed by atoms with E-state index in [0.29, 0.717) is 5.57 Å². The Labute approximate surface area is 115 Å². The highest BCUT2D eigenvalue weighted by Crippen LogP contribution is 2.29. The van der Waals surface area contributed by atoms with Gasteiger partial charge in [0.1, 0.15) is 5.83 Å². The number of allylic oxidation sites excluding steroid dienone is 2. The van der Waals surface area contributed by atoms with Crippen molar-refractivity contribution >= 4 is 11.7 Å². The lowest BCUT2D eigenvalue weighted by Gasteiger charge is -2.27. The fraction of sp³-hybridized carbons (Fsp3) is 0.0625. The Kier molecular flexibility index (Phi) is 2.99. The van der Waals surface area contributed by atoms with Crippen LogP contribution in [0.4, 0.5) is 4.39 Å². The van der Waals surface area contributed by atoms with E-state index < -0.39 is 11.8 Å². The number of benzene rings is 1. The van der Waals surface area contributed by atoms with Crippen LogP contribution in [0.25, 0.3) is 5.70 Å². The van der Waals surface area contributed by atoms with E-state index >= 15 is 0 Å². The summed E-state index contributed by atoms with van der Waals surface area (Å²) in [5.41, 5.74) is 2.18. The summed E-state index contributed by atoms with van der Waals surface area (Å²) in [7, 11) is 0. The second kappa shape index (κ2) is 4.81. The predicted molar refractivity (Wildman–Crippen MR) is 74.3 cm³/mol. The standard InChI is InChI=1S/C16H12FNO2/c17-11-6-7-14-12(8-11)13(16(19)20)9-15(18-14)10-4-2-1-3-5-10/h1-9,14,18H,(H,19,20). The van der Waals surface area contributed by atoms with Crippen LogP contribution in [0.1, 0.15) is 5.56 Å². The average molecular weight is 269 g/mol. The lowest BCUT2D eigenvalue weighted by molar-refractivity contribution is -0.132. The number of hydrogen-bond acceptors (Lipinski definition) is 2. The largest absolute Gasteiger partial charge is 0.478 e. The van der Waals surface area contributed by atoms with Crippen LogP contribution in [-0.2, 0) is 4.79 Å². The molecule has 3 nitrogen and oxygen atoms in total. The SMILES string of the molecule is O=C(O)C1=C2C=C(F)C=CC2NC(c2ccccc2)=C1. The molecule has 0 spiro atoms. The Morgan fingerprint density at radius 1 is 1.20 bits per heavy atom. The fourth-order valence-electron chi connectivity index (χ4n) is 2.36. The lowest BCUT2D eigenvalue weighted by atomic mass is 9.90. The maximum atomic E-state index is 13.3. The van der Waals surface area contributed by atoms with Crippen LogP contribution in [-0.4, -0.2) is 17.1 Å². The molecule has 1 atom stereocenters. The van der Waals surface area contributed by atoms with Gasteiger partial charge in [-0.25, -0.2) is 9.18 Å².